The highest BCUT2D eigenvalue weighted by Crippen LogP contribution is 2.40. The highest BCUT2D eigenvalue weighted by molar-refractivity contribution is 5.89. The standard InChI is InChI=1S/C22H29F3N2O5/c1-3-16-17(31-2)11-26-18(21(29)30)19(16)32-12-15-5-4-10-27(15)20(28)13-6-8-14(9-7-13)22(23,24)25/h11,13-15H,3-10,12H2,1-2H3,(H,29,30)/t13?,14?,15-/m1/s1. The van der Waals surface area contributed by atoms with E-state index in [-0.39, 0.29) is 55.7 Å². The van der Waals surface area contributed by atoms with Gasteiger partial charge in [0.15, 0.2) is 11.4 Å². The zero-order chi connectivity index (χ0) is 23.5. The van der Waals surface area contributed by atoms with Crippen LogP contribution in [0.3, 0.4) is 0 Å². The predicted molar refractivity (Wildman–Crippen MR) is 109 cm³/mol. The second-order valence-corrected chi connectivity index (χ2v) is 8.37. The van der Waals surface area contributed by atoms with Crippen LogP contribution < -0.4 is 9.47 Å². The van der Waals surface area contributed by atoms with Gasteiger partial charge in [0.1, 0.15) is 12.4 Å². The van der Waals surface area contributed by atoms with E-state index in [9.17, 15) is 27.9 Å². The Bertz CT molecular complexity index is 838. The number of carbonyl (C=O) groups excluding carboxylic acids is 1. The number of nitrogens with zero attached hydrogens (tertiary/aromatic N) is 2. The second-order valence-electron chi connectivity index (χ2n) is 8.37. The number of aromatic carboxylic acids is 1. The molecule has 2 fully saturated rings. The number of halogens is 3. The minimum atomic E-state index is -4.21. The second kappa shape index (κ2) is 9.95. The number of carboxylic acid groups (broad SMARTS) is 1. The summed E-state index contributed by atoms with van der Waals surface area (Å²) in [6.45, 7) is 2.46. The van der Waals surface area contributed by atoms with Gasteiger partial charge in [-0.05, 0) is 44.9 Å². The maximum Gasteiger partial charge on any atom is 0.391 e. The molecule has 178 valence electrons. The largest absolute Gasteiger partial charge is 0.495 e. The maximum absolute atomic E-state index is 13.0. The van der Waals surface area contributed by atoms with Gasteiger partial charge in [-0.1, -0.05) is 6.92 Å². The van der Waals surface area contributed by atoms with Gasteiger partial charge in [-0.25, -0.2) is 9.78 Å². The van der Waals surface area contributed by atoms with Crippen LogP contribution >= 0.6 is 0 Å². The highest BCUT2D eigenvalue weighted by atomic mass is 19.4. The third-order valence-electron chi connectivity index (χ3n) is 6.49. The molecule has 0 bridgehead atoms. The van der Waals surface area contributed by atoms with E-state index in [1.807, 2.05) is 6.92 Å². The van der Waals surface area contributed by atoms with Gasteiger partial charge >= 0.3 is 12.1 Å². The van der Waals surface area contributed by atoms with Crippen LogP contribution in [0.5, 0.6) is 11.5 Å². The molecule has 1 N–H and O–H groups in total. The van der Waals surface area contributed by atoms with Gasteiger partial charge in [-0.15, -0.1) is 0 Å². The molecule has 1 saturated carbocycles. The molecule has 32 heavy (non-hydrogen) atoms. The summed E-state index contributed by atoms with van der Waals surface area (Å²) in [5.41, 5.74) is 0.366. The number of aromatic nitrogens is 1. The van der Waals surface area contributed by atoms with E-state index in [0.717, 1.165) is 6.42 Å². The van der Waals surface area contributed by atoms with Crippen LogP contribution in [-0.2, 0) is 11.2 Å². The molecule has 1 amide bonds. The summed E-state index contributed by atoms with van der Waals surface area (Å²) in [7, 11) is 1.46. The monoisotopic (exact) mass is 458 g/mol. The van der Waals surface area contributed by atoms with Crippen molar-refractivity contribution in [3.05, 3.63) is 17.5 Å². The van der Waals surface area contributed by atoms with Crippen LogP contribution in [0.1, 0.15) is 61.5 Å². The average Bonchev–Trinajstić information content (AvgIpc) is 3.24. The van der Waals surface area contributed by atoms with Crippen molar-refractivity contribution in [2.45, 2.75) is 64.1 Å². The molecule has 10 heteroatoms. The van der Waals surface area contributed by atoms with Crippen LogP contribution in [-0.4, -0.2) is 59.3 Å². The summed E-state index contributed by atoms with van der Waals surface area (Å²) < 4.78 is 50.0. The molecule has 7 nitrogen and oxygen atoms in total. The number of pyridine rings is 1. The number of carbonyl (C=O) groups is 2. The quantitative estimate of drug-likeness (QED) is 0.662. The number of methoxy groups -OCH3 is 1. The van der Waals surface area contributed by atoms with Crippen LogP contribution in [0.15, 0.2) is 6.20 Å². The summed E-state index contributed by atoms with van der Waals surface area (Å²) in [5.74, 6) is -2.54. The van der Waals surface area contributed by atoms with Crippen molar-refractivity contribution in [3.8, 4) is 11.5 Å². The Morgan fingerprint density at radius 2 is 1.91 bits per heavy atom. The molecule has 1 aliphatic heterocycles. The van der Waals surface area contributed by atoms with Crippen molar-refractivity contribution in [3.63, 3.8) is 0 Å². The predicted octanol–water partition coefficient (Wildman–Crippen LogP) is 4.09. The van der Waals surface area contributed by atoms with E-state index in [1.54, 1.807) is 4.90 Å². The molecule has 2 aliphatic rings. The Hall–Kier alpha value is -2.52. The molecular formula is C22H29F3N2O5. The van der Waals surface area contributed by atoms with Crippen molar-refractivity contribution < 1.29 is 37.3 Å². The zero-order valence-corrected chi connectivity index (χ0v) is 18.3. The molecule has 3 rings (SSSR count). The van der Waals surface area contributed by atoms with Gasteiger partial charge in [0.25, 0.3) is 0 Å². The Morgan fingerprint density at radius 3 is 2.47 bits per heavy atom. The Labute approximate surface area is 184 Å². The number of rotatable bonds is 7. The van der Waals surface area contributed by atoms with E-state index in [1.165, 1.54) is 13.3 Å². The number of hydrogen-bond acceptors (Lipinski definition) is 5. The first-order chi connectivity index (χ1) is 15.2. The fourth-order valence-corrected chi connectivity index (χ4v) is 4.71. The molecule has 1 aromatic rings. The lowest BCUT2D eigenvalue weighted by atomic mass is 9.81. The van der Waals surface area contributed by atoms with Gasteiger partial charge in [0.05, 0.1) is 25.3 Å². The van der Waals surface area contributed by atoms with Gasteiger partial charge in [0, 0.05) is 18.0 Å². The molecule has 0 unspecified atom stereocenters. The Balaban J connectivity index is 1.69. The van der Waals surface area contributed by atoms with Crippen LogP contribution in [0.2, 0.25) is 0 Å². The first-order valence-corrected chi connectivity index (χ1v) is 11.0. The molecule has 2 heterocycles. The molecule has 1 aromatic heterocycles. The van der Waals surface area contributed by atoms with E-state index in [2.05, 4.69) is 4.98 Å². The smallest absolute Gasteiger partial charge is 0.391 e. The van der Waals surface area contributed by atoms with E-state index in [4.69, 9.17) is 9.47 Å². The van der Waals surface area contributed by atoms with Crippen LogP contribution in [0.4, 0.5) is 13.2 Å². The molecular weight excluding hydrogens is 429 g/mol. The number of hydrogen-bond donors (Lipinski definition) is 1. The fourth-order valence-electron chi connectivity index (χ4n) is 4.71. The van der Waals surface area contributed by atoms with Crippen molar-refractivity contribution in [1.29, 1.82) is 0 Å². The third kappa shape index (κ3) is 5.10. The van der Waals surface area contributed by atoms with Crippen molar-refractivity contribution in [1.82, 2.24) is 9.88 Å². The molecule has 0 radical (unpaired) electrons. The summed E-state index contributed by atoms with van der Waals surface area (Å²) in [6.07, 6.45) is -0.521. The number of amides is 1. The van der Waals surface area contributed by atoms with Gasteiger partial charge < -0.3 is 19.5 Å². The Kier molecular flexibility index (Phi) is 7.51. The summed E-state index contributed by atoms with van der Waals surface area (Å²) in [6, 6.07) is -0.264. The number of carboxylic acids is 1. The minimum Gasteiger partial charge on any atom is -0.495 e. The van der Waals surface area contributed by atoms with Gasteiger partial charge in [0.2, 0.25) is 5.91 Å². The maximum atomic E-state index is 13.0. The van der Waals surface area contributed by atoms with E-state index < -0.39 is 24.0 Å². The molecule has 1 saturated heterocycles. The number of ether oxygens (including phenoxy) is 2. The first-order valence-electron chi connectivity index (χ1n) is 11.0. The lowest BCUT2D eigenvalue weighted by Gasteiger charge is -2.33. The van der Waals surface area contributed by atoms with E-state index in [0.29, 0.717) is 30.7 Å². The van der Waals surface area contributed by atoms with Crippen molar-refractivity contribution in [2.24, 2.45) is 11.8 Å². The molecule has 1 aliphatic carbocycles. The third-order valence-corrected chi connectivity index (χ3v) is 6.49. The summed E-state index contributed by atoms with van der Waals surface area (Å²) in [5, 5.41) is 9.50. The van der Waals surface area contributed by atoms with Crippen molar-refractivity contribution in [2.75, 3.05) is 20.3 Å². The highest BCUT2D eigenvalue weighted by Gasteiger charge is 2.44. The topological polar surface area (TPSA) is 89.0 Å². The van der Waals surface area contributed by atoms with Gasteiger partial charge in [-0.3, -0.25) is 4.79 Å². The molecule has 0 spiro atoms. The lowest BCUT2D eigenvalue weighted by Crippen LogP contribution is -2.44. The zero-order valence-electron chi connectivity index (χ0n) is 18.3. The first kappa shape index (κ1) is 24.1. The van der Waals surface area contributed by atoms with Crippen LogP contribution in [0, 0.1) is 11.8 Å². The SMILES string of the molecule is CCc1c(OC)cnc(C(=O)O)c1OC[C@H]1CCCN1C(=O)C1CCC(C(F)(F)F)CC1. The fraction of sp³-hybridized carbons (Fsp3) is 0.682. The Morgan fingerprint density at radius 1 is 1.22 bits per heavy atom. The number of alkyl halides is 3. The molecule has 1 atom stereocenters. The molecule has 0 aromatic carbocycles. The van der Waals surface area contributed by atoms with Gasteiger partial charge in [-0.2, -0.15) is 13.2 Å². The lowest BCUT2D eigenvalue weighted by molar-refractivity contribution is -0.185. The summed E-state index contributed by atoms with van der Waals surface area (Å²) in [4.78, 5) is 30.3. The van der Waals surface area contributed by atoms with Crippen LogP contribution in [0.25, 0.3) is 0 Å². The summed E-state index contributed by atoms with van der Waals surface area (Å²) >= 11 is 0. The normalized spacial score (nSPS) is 23.8. The van der Waals surface area contributed by atoms with E-state index >= 15 is 0 Å². The number of likely N-dealkylation sites (tertiary alicyclic amines) is 1. The minimum absolute atomic E-state index is 0.0216. The van der Waals surface area contributed by atoms with Crippen molar-refractivity contribution >= 4 is 11.9 Å². The average molecular weight is 458 g/mol.